The van der Waals surface area contributed by atoms with Crippen LogP contribution in [0.5, 0.6) is 0 Å². The zero-order chi connectivity index (χ0) is 14.5. The first kappa shape index (κ1) is 14.7. The molecule has 2 rings (SSSR count). The zero-order valence-corrected chi connectivity index (χ0v) is 11.6. The van der Waals surface area contributed by atoms with E-state index in [4.69, 9.17) is 5.11 Å². The molecule has 0 aromatic heterocycles. The highest BCUT2D eigenvalue weighted by Gasteiger charge is 2.29. The van der Waals surface area contributed by atoms with Crippen LogP contribution in [0.15, 0.2) is 36.4 Å². The van der Waals surface area contributed by atoms with E-state index < -0.39 is 5.97 Å². The fraction of sp³-hybridized carbons (Fsp3) is 0.438. The second-order valence-electron chi connectivity index (χ2n) is 5.40. The van der Waals surface area contributed by atoms with Crippen molar-refractivity contribution in [2.75, 3.05) is 20.1 Å². The van der Waals surface area contributed by atoms with E-state index in [1.165, 1.54) is 12.1 Å². The number of rotatable bonds is 5. The number of carboxylic acids is 1. The first-order valence-electron chi connectivity index (χ1n) is 6.88. The number of carbonyl (C=O) groups is 1. The summed E-state index contributed by atoms with van der Waals surface area (Å²) in [5.41, 5.74) is 1.14. The van der Waals surface area contributed by atoms with Crippen LogP contribution in [0.2, 0.25) is 0 Å². The highest BCUT2D eigenvalue weighted by molar-refractivity contribution is 5.66. The molecule has 1 aromatic carbocycles. The fourth-order valence-electron chi connectivity index (χ4n) is 2.77. The number of likely N-dealkylation sites (N-methyl/N-ethyl adjacent to an activating group) is 1. The highest BCUT2D eigenvalue weighted by atomic mass is 19.1. The van der Waals surface area contributed by atoms with Crippen molar-refractivity contribution < 1.29 is 14.3 Å². The van der Waals surface area contributed by atoms with E-state index in [9.17, 15) is 9.18 Å². The Hall–Kier alpha value is -1.68. The molecule has 1 saturated heterocycles. The monoisotopic (exact) mass is 277 g/mol. The molecule has 0 spiro atoms. The van der Waals surface area contributed by atoms with Gasteiger partial charge in [0.25, 0.3) is 0 Å². The third-order valence-corrected chi connectivity index (χ3v) is 3.75. The van der Waals surface area contributed by atoms with Gasteiger partial charge in [0.1, 0.15) is 5.82 Å². The number of likely N-dealkylation sites (tertiary alicyclic amines) is 1. The number of aliphatic carboxylic acids is 1. The van der Waals surface area contributed by atoms with Gasteiger partial charge >= 0.3 is 5.97 Å². The largest absolute Gasteiger partial charge is 0.481 e. The van der Waals surface area contributed by atoms with Gasteiger partial charge in [-0.05, 0) is 37.1 Å². The van der Waals surface area contributed by atoms with E-state index in [2.05, 4.69) is 18.0 Å². The molecule has 2 atom stereocenters. The van der Waals surface area contributed by atoms with Crippen molar-refractivity contribution in [3.8, 4) is 0 Å². The summed E-state index contributed by atoms with van der Waals surface area (Å²) >= 11 is 0. The standard InChI is InChI=1S/C16H20FNO2/c1-18-10-13(4-2-3-5-16(19)20)15(11-18)12-6-8-14(17)9-7-12/h2,4,6-9,13,15H,3,5,10-11H2,1H3,(H,19,20)/b4-2-. The molecule has 1 aromatic rings. The Morgan fingerprint density at radius 3 is 2.75 bits per heavy atom. The van der Waals surface area contributed by atoms with Crippen LogP contribution in [-0.4, -0.2) is 36.1 Å². The molecule has 0 bridgehead atoms. The predicted molar refractivity (Wildman–Crippen MR) is 76.1 cm³/mol. The van der Waals surface area contributed by atoms with Gasteiger partial charge in [0.15, 0.2) is 0 Å². The summed E-state index contributed by atoms with van der Waals surface area (Å²) in [7, 11) is 2.07. The maximum atomic E-state index is 13.0. The van der Waals surface area contributed by atoms with E-state index in [-0.39, 0.29) is 12.2 Å². The van der Waals surface area contributed by atoms with Crippen LogP contribution in [0, 0.1) is 11.7 Å². The van der Waals surface area contributed by atoms with Crippen LogP contribution in [-0.2, 0) is 4.79 Å². The minimum atomic E-state index is -0.770. The van der Waals surface area contributed by atoms with Gasteiger partial charge < -0.3 is 10.0 Å². The third-order valence-electron chi connectivity index (χ3n) is 3.75. The summed E-state index contributed by atoms with van der Waals surface area (Å²) in [6.45, 7) is 1.89. The second-order valence-corrected chi connectivity index (χ2v) is 5.40. The number of hydrogen-bond acceptors (Lipinski definition) is 2. The summed E-state index contributed by atoms with van der Waals surface area (Å²) in [5.74, 6) is -0.275. The van der Waals surface area contributed by atoms with Crippen molar-refractivity contribution in [3.63, 3.8) is 0 Å². The van der Waals surface area contributed by atoms with Gasteiger partial charge in [-0.1, -0.05) is 24.3 Å². The molecule has 20 heavy (non-hydrogen) atoms. The molecule has 108 valence electrons. The van der Waals surface area contributed by atoms with E-state index in [1.54, 1.807) is 0 Å². The summed E-state index contributed by atoms with van der Waals surface area (Å²) < 4.78 is 13.0. The molecule has 0 saturated carbocycles. The number of benzene rings is 1. The lowest BCUT2D eigenvalue weighted by Crippen LogP contribution is -2.13. The summed E-state index contributed by atoms with van der Waals surface area (Å²) in [6.07, 6.45) is 4.79. The lowest BCUT2D eigenvalue weighted by molar-refractivity contribution is -0.136. The molecule has 0 amide bonds. The van der Waals surface area contributed by atoms with Crippen LogP contribution < -0.4 is 0 Å². The fourth-order valence-corrected chi connectivity index (χ4v) is 2.77. The second kappa shape index (κ2) is 6.66. The summed E-state index contributed by atoms with van der Waals surface area (Å²) in [6, 6.07) is 6.69. The molecule has 3 nitrogen and oxygen atoms in total. The van der Waals surface area contributed by atoms with Gasteiger partial charge in [-0.2, -0.15) is 0 Å². The Morgan fingerprint density at radius 2 is 2.10 bits per heavy atom. The Labute approximate surface area is 118 Å². The molecule has 1 aliphatic heterocycles. The molecule has 1 heterocycles. The van der Waals surface area contributed by atoms with Gasteiger partial charge in [0, 0.05) is 25.4 Å². The quantitative estimate of drug-likeness (QED) is 0.841. The highest BCUT2D eigenvalue weighted by Crippen LogP contribution is 2.33. The molecule has 0 radical (unpaired) electrons. The Kier molecular flexibility index (Phi) is 4.90. The minimum Gasteiger partial charge on any atom is -0.481 e. The molecule has 1 N–H and O–H groups in total. The third kappa shape index (κ3) is 3.90. The van der Waals surface area contributed by atoms with Crippen molar-refractivity contribution in [2.24, 2.45) is 5.92 Å². The topological polar surface area (TPSA) is 40.5 Å². The van der Waals surface area contributed by atoms with Gasteiger partial charge in [-0.3, -0.25) is 4.79 Å². The smallest absolute Gasteiger partial charge is 0.303 e. The van der Waals surface area contributed by atoms with Crippen molar-refractivity contribution in [3.05, 3.63) is 47.8 Å². The number of nitrogens with zero attached hydrogens (tertiary/aromatic N) is 1. The average molecular weight is 277 g/mol. The van der Waals surface area contributed by atoms with Crippen LogP contribution >= 0.6 is 0 Å². The van der Waals surface area contributed by atoms with E-state index in [0.717, 1.165) is 18.7 Å². The molecule has 4 heteroatoms. The summed E-state index contributed by atoms with van der Waals surface area (Å²) in [5, 5.41) is 8.63. The Balaban J connectivity index is 2.02. The van der Waals surface area contributed by atoms with Gasteiger partial charge in [-0.15, -0.1) is 0 Å². The molecule has 1 aliphatic rings. The van der Waals surface area contributed by atoms with Crippen LogP contribution in [0.1, 0.15) is 24.3 Å². The van der Waals surface area contributed by atoms with Crippen molar-refractivity contribution in [1.82, 2.24) is 4.90 Å². The van der Waals surface area contributed by atoms with Crippen LogP contribution in [0.25, 0.3) is 0 Å². The molecule has 2 unspecified atom stereocenters. The zero-order valence-electron chi connectivity index (χ0n) is 11.6. The molecular formula is C16H20FNO2. The SMILES string of the molecule is CN1CC(/C=C\CCC(=O)O)C(c2ccc(F)cc2)C1. The summed E-state index contributed by atoms with van der Waals surface area (Å²) in [4.78, 5) is 12.7. The van der Waals surface area contributed by atoms with Crippen molar-refractivity contribution >= 4 is 5.97 Å². The average Bonchev–Trinajstić information content (AvgIpc) is 2.76. The molecular weight excluding hydrogens is 257 g/mol. The minimum absolute atomic E-state index is 0.167. The van der Waals surface area contributed by atoms with Crippen molar-refractivity contribution in [1.29, 1.82) is 0 Å². The molecule has 0 aliphatic carbocycles. The van der Waals surface area contributed by atoms with Crippen LogP contribution in [0.3, 0.4) is 0 Å². The lowest BCUT2D eigenvalue weighted by atomic mass is 9.88. The number of carboxylic acid groups (broad SMARTS) is 1. The van der Waals surface area contributed by atoms with Crippen LogP contribution in [0.4, 0.5) is 4.39 Å². The maximum Gasteiger partial charge on any atom is 0.303 e. The number of hydrogen-bond donors (Lipinski definition) is 1. The van der Waals surface area contributed by atoms with E-state index >= 15 is 0 Å². The van der Waals surface area contributed by atoms with Gasteiger partial charge in [-0.25, -0.2) is 4.39 Å². The predicted octanol–water partition coefficient (Wildman–Crippen LogP) is 2.89. The normalized spacial score (nSPS) is 23.5. The molecule has 1 fully saturated rings. The Bertz CT molecular complexity index is 484. The lowest BCUT2D eigenvalue weighted by Gasteiger charge is -2.15. The van der Waals surface area contributed by atoms with E-state index in [0.29, 0.717) is 18.3 Å². The maximum absolute atomic E-state index is 13.0. The van der Waals surface area contributed by atoms with E-state index in [1.807, 2.05) is 18.2 Å². The number of allylic oxidation sites excluding steroid dienone is 1. The van der Waals surface area contributed by atoms with Gasteiger partial charge in [0.05, 0.1) is 0 Å². The number of halogens is 1. The van der Waals surface area contributed by atoms with Gasteiger partial charge in [0.2, 0.25) is 0 Å². The first-order valence-corrected chi connectivity index (χ1v) is 6.88. The Morgan fingerprint density at radius 1 is 1.40 bits per heavy atom. The first-order chi connectivity index (χ1) is 9.56. The van der Waals surface area contributed by atoms with Crippen molar-refractivity contribution in [2.45, 2.75) is 18.8 Å².